The number of hydrogen-bond acceptors (Lipinski definition) is 6. The van der Waals surface area contributed by atoms with Crippen molar-refractivity contribution in [3.05, 3.63) is 70.3 Å². The summed E-state index contributed by atoms with van der Waals surface area (Å²) < 4.78 is 38.2. The highest BCUT2D eigenvalue weighted by molar-refractivity contribution is 7.89. The van der Waals surface area contributed by atoms with Crippen molar-refractivity contribution in [1.82, 2.24) is 4.72 Å². The van der Waals surface area contributed by atoms with Crippen molar-refractivity contribution in [2.24, 2.45) is 0 Å². The van der Waals surface area contributed by atoms with Gasteiger partial charge in [0, 0.05) is 17.0 Å². The minimum atomic E-state index is -3.82. The molecule has 1 unspecified atom stereocenters. The number of hydrogen-bond donors (Lipinski definition) is 2. The lowest BCUT2D eigenvalue weighted by Crippen LogP contribution is -2.41. The lowest BCUT2D eigenvalue weighted by molar-refractivity contribution is 0.0891. The van der Waals surface area contributed by atoms with Crippen molar-refractivity contribution in [3.8, 4) is 5.75 Å². The maximum absolute atomic E-state index is 12.8. The molecule has 1 atom stereocenters. The van der Waals surface area contributed by atoms with Gasteiger partial charge in [0.25, 0.3) is 0 Å². The Labute approximate surface area is 156 Å². The summed E-state index contributed by atoms with van der Waals surface area (Å²) in [7, 11) is -2.30. The molecule has 0 radical (unpaired) electrons. The van der Waals surface area contributed by atoms with Crippen LogP contribution in [0.25, 0.3) is 0 Å². The maximum Gasteiger partial charge on any atom is 0.240 e. The molecule has 0 bridgehead atoms. The molecule has 0 amide bonds. The van der Waals surface area contributed by atoms with Gasteiger partial charge in [-0.1, -0.05) is 6.07 Å². The van der Waals surface area contributed by atoms with Crippen LogP contribution in [0.1, 0.15) is 16.0 Å². The van der Waals surface area contributed by atoms with E-state index in [0.717, 1.165) is 0 Å². The summed E-state index contributed by atoms with van der Waals surface area (Å²) in [6.07, 6.45) is 2.85. The van der Waals surface area contributed by atoms with Crippen LogP contribution in [0.3, 0.4) is 0 Å². The molecule has 0 aliphatic heterocycles. The number of furan rings is 1. The molecule has 0 aliphatic carbocycles. The molecular weight excluding hydrogens is 374 g/mol. The van der Waals surface area contributed by atoms with Crippen LogP contribution in [-0.4, -0.2) is 27.2 Å². The quantitative estimate of drug-likeness (QED) is 0.644. The second-order valence-electron chi connectivity index (χ2n) is 5.81. The Morgan fingerprint density at radius 1 is 1.31 bits per heavy atom. The van der Waals surface area contributed by atoms with Gasteiger partial charge in [0.2, 0.25) is 10.0 Å². The van der Waals surface area contributed by atoms with Gasteiger partial charge >= 0.3 is 0 Å². The molecule has 138 valence electrons. The summed E-state index contributed by atoms with van der Waals surface area (Å²) in [5.74, 6) is 0.579. The van der Waals surface area contributed by atoms with E-state index >= 15 is 0 Å². The monoisotopic (exact) mass is 393 g/mol. The summed E-state index contributed by atoms with van der Waals surface area (Å²) in [6, 6.07) is 9.89. The van der Waals surface area contributed by atoms with Gasteiger partial charge in [0.15, 0.2) is 0 Å². The van der Waals surface area contributed by atoms with E-state index in [1.807, 2.05) is 5.38 Å². The van der Waals surface area contributed by atoms with Crippen LogP contribution in [-0.2, 0) is 15.6 Å². The van der Waals surface area contributed by atoms with Gasteiger partial charge in [-0.05, 0) is 48.2 Å². The van der Waals surface area contributed by atoms with Gasteiger partial charge in [-0.15, -0.1) is 11.3 Å². The first-order valence-corrected chi connectivity index (χ1v) is 10.2. The zero-order chi connectivity index (χ0) is 18.8. The summed E-state index contributed by atoms with van der Waals surface area (Å²) >= 11 is 1.34. The van der Waals surface area contributed by atoms with Crippen molar-refractivity contribution in [2.45, 2.75) is 17.4 Å². The fourth-order valence-corrected chi connectivity index (χ4v) is 4.80. The zero-order valence-electron chi connectivity index (χ0n) is 14.3. The molecule has 8 heteroatoms. The molecule has 3 aromatic rings. The number of aliphatic hydroxyl groups is 1. The van der Waals surface area contributed by atoms with Crippen LogP contribution in [0.5, 0.6) is 5.75 Å². The number of sulfonamides is 1. The van der Waals surface area contributed by atoms with Gasteiger partial charge in [-0.2, -0.15) is 0 Å². The Morgan fingerprint density at radius 3 is 2.69 bits per heavy atom. The predicted molar refractivity (Wildman–Crippen MR) is 98.9 cm³/mol. The minimum absolute atomic E-state index is 0.138. The van der Waals surface area contributed by atoms with Crippen molar-refractivity contribution in [2.75, 3.05) is 13.7 Å². The average molecular weight is 393 g/mol. The third kappa shape index (κ3) is 3.54. The molecule has 2 N–H and O–H groups in total. The van der Waals surface area contributed by atoms with Gasteiger partial charge in [0.1, 0.15) is 11.4 Å². The van der Waals surface area contributed by atoms with Crippen molar-refractivity contribution >= 4 is 21.4 Å². The summed E-state index contributed by atoms with van der Waals surface area (Å²) in [6.45, 7) is 1.47. The number of methoxy groups -OCH3 is 1. The standard InChI is InChI=1S/C18H19NO5S2/c1-13-10-15(23-2)5-6-16(13)26(21,22)19-12-18(20,14-7-8-24-11-14)17-4-3-9-25-17/h3-11,19-20H,12H2,1-2H3. The molecule has 3 rings (SSSR count). The van der Waals surface area contributed by atoms with Crippen LogP contribution in [0.4, 0.5) is 0 Å². The van der Waals surface area contributed by atoms with Crippen molar-refractivity contribution < 1.29 is 22.7 Å². The highest BCUT2D eigenvalue weighted by Gasteiger charge is 2.35. The number of ether oxygens (including phenoxy) is 1. The molecule has 0 saturated heterocycles. The second-order valence-corrected chi connectivity index (χ2v) is 8.49. The molecule has 0 fully saturated rings. The van der Waals surface area contributed by atoms with Gasteiger partial charge in [-0.25, -0.2) is 13.1 Å². The van der Waals surface area contributed by atoms with E-state index in [1.54, 1.807) is 37.3 Å². The molecule has 1 aromatic carbocycles. The average Bonchev–Trinajstić information content (AvgIpc) is 3.33. The molecule has 0 aliphatic rings. The highest BCUT2D eigenvalue weighted by atomic mass is 32.2. The summed E-state index contributed by atoms with van der Waals surface area (Å²) in [4.78, 5) is 0.757. The largest absolute Gasteiger partial charge is 0.497 e. The Kier molecular flexibility index (Phi) is 5.19. The SMILES string of the molecule is COc1ccc(S(=O)(=O)NCC(O)(c2ccoc2)c2cccs2)c(C)c1. The van der Waals surface area contributed by atoms with Crippen LogP contribution in [0, 0.1) is 6.92 Å². The van der Waals surface area contributed by atoms with Crippen molar-refractivity contribution in [3.63, 3.8) is 0 Å². The Balaban J connectivity index is 1.90. The molecular formula is C18H19NO5S2. The zero-order valence-corrected chi connectivity index (χ0v) is 15.9. The number of thiophene rings is 1. The van der Waals surface area contributed by atoms with E-state index in [-0.39, 0.29) is 11.4 Å². The molecule has 6 nitrogen and oxygen atoms in total. The first-order chi connectivity index (χ1) is 12.4. The maximum atomic E-state index is 12.8. The van der Waals surface area contributed by atoms with Crippen LogP contribution < -0.4 is 9.46 Å². The normalized spacial score (nSPS) is 14.1. The predicted octanol–water partition coefficient (Wildman–Crippen LogP) is 2.87. The van der Waals surface area contributed by atoms with Crippen LogP contribution in [0.15, 0.2) is 63.6 Å². The highest BCUT2D eigenvalue weighted by Crippen LogP contribution is 2.33. The lowest BCUT2D eigenvalue weighted by atomic mass is 9.95. The van der Waals surface area contributed by atoms with Gasteiger partial charge in [-0.3, -0.25) is 0 Å². The van der Waals surface area contributed by atoms with Crippen molar-refractivity contribution in [1.29, 1.82) is 0 Å². The number of benzene rings is 1. The third-order valence-electron chi connectivity index (χ3n) is 4.12. The van der Waals surface area contributed by atoms with Crippen LogP contribution in [0.2, 0.25) is 0 Å². The third-order valence-corrected chi connectivity index (χ3v) is 6.70. The smallest absolute Gasteiger partial charge is 0.240 e. The Hall–Kier alpha value is -2.13. The fraction of sp³-hybridized carbons (Fsp3) is 0.222. The van der Waals surface area contributed by atoms with Crippen LogP contribution >= 0.6 is 11.3 Å². The second kappa shape index (κ2) is 7.24. The van der Waals surface area contributed by atoms with Gasteiger partial charge in [0.05, 0.1) is 24.5 Å². The van der Waals surface area contributed by atoms with E-state index in [0.29, 0.717) is 21.8 Å². The first kappa shape index (κ1) is 18.7. The lowest BCUT2D eigenvalue weighted by Gasteiger charge is -2.26. The number of nitrogens with one attached hydrogen (secondary N) is 1. The van der Waals surface area contributed by atoms with E-state index < -0.39 is 15.6 Å². The molecule has 2 aromatic heterocycles. The number of rotatable bonds is 7. The van der Waals surface area contributed by atoms with E-state index in [9.17, 15) is 13.5 Å². The molecule has 0 saturated carbocycles. The van der Waals surface area contributed by atoms with Gasteiger partial charge < -0.3 is 14.3 Å². The van der Waals surface area contributed by atoms with E-state index in [4.69, 9.17) is 9.15 Å². The minimum Gasteiger partial charge on any atom is -0.497 e. The number of aryl methyl sites for hydroxylation is 1. The Bertz CT molecular complexity index is 929. The molecule has 0 spiro atoms. The summed E-state index contributed by atoms with van der Waals surface area (Å²) in [5, 5.41) is 13.0. The van der Waals surface area contributed by atoms with E-state index in [2.05, 4.69) is 4.72 Å². The summed E-state index contributed by atoms with van der Waals surface area (Å²) in [5.41, 5.74) is -0.483. The fourth-order valence-electron chi connectivity index (χ4n) is 2.67. The first-order valence-electron chi connectivity index (χ1n) is 7.80. The molecule has 26 heavy (non-hydrogen) atoms. The molecule has 2 heterocycles. The Morgan fingerprint density at radius 2 is 2.12 bits per heavy atom. The topological polar surface area (TPSA) is 88.8 Å². The van der Waals surface area contributed by atoms with E-state index in [1.165, 1.54) is 37.0 Å².